The van der Waals surface area contributed by atoms with Crippen LogP contribution in [0.5, 0.6) is 5.75 Å². The van der Waals surface area contributed by atoms with E-state index in [1.807, 2.05) is 19.1 Å². The van der Waals surface area contributed by atoms with Crippen LogP contribution in [0.15, 0.2) is 59.1 Å². The third kappa shape index (κ3) is 5.98. The summed E-state index contributed by atoms with van der Waals surface area (Å²) in [6.07, 6.45) is -0.880. The summed E-state index contributed by atoms with van der Waals surface area (Å²) < 4.78 is 16.3. The number of anilines is 1. The molecule has 0 saturated carbocycles. The smallest absolute Gasteiger partial charge is 0.339 e. The molecular formula is C25H25N3O5. The summed E-state index contributed by atoms with van der Waals surface area (Å²) in [5, 5.41) is 12.8. The van der Waals surface area contributed by atoms with Crippen LogP contribution in [0.4, 0.5) is 5.69 Å². The minimum absolute atomic E-state index is 0.159. The lowest BCUT2D eigenvalue weighted by molar-refractivity contribution is -0.126. The molecule has 0 aliphatic carbocycles. The van der Waals surface area contributed by atoms with Crippen LogP contribution in [-0.4, -0.2) is 29.7 Å². The molecule has 1 amide bonds. The number of carbonyl (C=O) groups is 2. The Bertz CT molecular complexity index is 1130. The average Bonchev–Trinajstić information content (AvgIpc) is 3.15. The largest absolute Gasteiger partial charge is 0.489 e. The first-order valence-corrected chi connectivity index (χ1v) is 10.5. The minimum Gasteiger partial charge on any atom is -0.489 e. The molecule has 0 N–H and O–H groups in total. The van der Waals surface area contributed by atoms with Crippen LogP contribution in [-0.2, 0) is 16.1 Å². The highest BCUT2D eigenvalue weighted by atomic mass is 16.5. The van der Waals surface area contributed by atoms with Gasteiger partial charge in [-0.25, -0.2) is 4.79 Å². The molecule has 0 fully saturated rings. The number of aromatic nitrogens is 1. The second-order valence-corrected chi connectivity index (χ2v) is 7.40. The normalized spacial score (nSPS) is 11.3. The summed E-state index contributed by atoms with van der Waals surface area (Å²) in [6, 6.07) is 17.6. The first-order chi connectivity index (χ1) is 15.9. The third-order valence-corrected chi connectivity index (χ3v) is 5.05. The fraction of sp³-hybridized carbons (Fsp3) is 0.280. The second-order valence-electron chi connectivity index (χ2n) is 7.40. The maximum atomic E-state index is 13.0. The van der Waals surface area contributed by atoms with Crippen LogP contribution >= 0.6 is 0 Å². The van der Waals surface area contributed by atoms with Crippen LogP contribution in [0.2, 0.25) is 0 Å². The zero-order valence-corrected chi connectivity index (χ0v) is 18.8. The van der Waals surface area contributed by atoms with Crippen molar-refractivity contribution in [2.45, 2.75) is 39.9 Å². The Hall–Kier alpha value is -4.12. The molecule has 2 aromatic carbocycles. The molecule has 8 heteroatoms. The predicted molar refractivity (Wildman–Crippen MR) is 121 cm³/mol. The number of para-hydroxylation sites is 1. The van der Waals surface area contributed by atoms with Gasteiger partial charge in [0.15, 0.2) is 6.10 Å². The Kier molecular flexibility index (Phi) is 7.82. The van der Waals surface area contributed by atoms with Gasteiger partial charge in [0.05, 0.1) is 29.3 Å². The Balaban J connectivity index is 1.66. The molecule has 1 unspecified atom stereocenters. The highest BCUT2D eigenvalue weighted by Gasteiger charge is 2.25. The van der Waals surface area contributed by atoms with Crippen LogP contribution in [0.25, 0.3) is 0 Å². The van der Waals surface area contributed by atoms with Crippen molar-refractivity contribution < 1.29 is 23.6 Å². The zero-order valence-electron chi connectivity index (χ0n) is 18.8. The van der Waals surface area contributed by atoms with E-state index in [1.54, 1.807) is 55.5 Å². The van der Waals surface area contributed by atoms with E-state index in [0.29, 0.717) is 17.2 Å². The highest BCUT2D eigenvalue weighted by Crippen LogP contribution is 2.20. The minimum atomic E-state index is -1.04. The number of ether oxygens (including phenoxy) is 2. The fourth-order valence-electron chi connectivity index (χ4n) is 3.21. The standard InChI is InChI=1S/C25H25N3O5/c1-17-23(18(2)33-27-17)16-31-22-12-7-9-20(15-22)25(30)32-19(3)24(29)28(14-8-13-26)21-10-5-4-6-11-21/h4-7,9-12,15,19H,8,14,16H2,1-3H3. The molecule has 0 saturated heterocycles. The van der Waals surface area contributed by atoms with Gasteiger partial charge in [-0.2, -0.15) is 5.26 Å². The number of aryl methyl sites for hydroxylation is 2. The van der Waals surface area contributed by atoms with Gasteiger partial charge >= 0.3 is 5.97 Å². The molecule has 0 aliphatic rings. The number of esters is 1. The first-order valence-electron chi connectivity index (χ1n) is 10.5. The summed E-state index contributed by atoms with van der Waals surface area (Å²) in [4.78, 5) is 27.1. The van der Waals surface area contributed by atoms with E-state index in [1.165, 1.54) is 11.8 Å². The van der Waals surface area contributed by atoms with Gasteiger partial charge in [0.1, 0.15) is 18.1 Å². The van der Waals surface area contributed by atoms with E-state index in [2.05, 4.69) is 5.16 Å². The quantitative estimate of drug-likeness (QED) is 0.449. The van der Waals surface area contributed by atoms with Crippen molar-refractivity contribution >= 4 is 17.6 Å². The van der Waals surface area contributed by atoms with Gasteiger partial charge < -0.3 is 18.9 Å². The molecular weight excluding hydrogens is 422 g/mol. The SMILES string of the molecule is Cc1noc(C)c1COc1cccc(C(=O)OC(C)C(=O)N(CCC#N)c2ccccc2)c1. The van der Waals surface area contributed by atoms with Gasteiger partial charge in [0, 0.05) is 12.2 Å². The maximum Gasteiger partial charge on any atom is 0.339 e. The molecule has 170 valence electrons. The number of rotatable bonds is 9. The van der Waals surface area contributed by atoms with Crippen molar-refractivity contribution in [2.75, 3.05) is 11.4 Å². The molecule has 1 atom stereocenters. The van der Waals surface area contributed by atoms with Crippen molar-refractivity contribution in [3.63, 3.8) is 0 Å². The maximum absolute atomic E-state index is 13.0. The van der Waals surface area contributed by atoms with Crippen molar-refractivity contribution in [3.05, 3.63) is 77.2 Å². The molecule has 1 aromatic heterocycles. The Labute approximate surface area is 192 Å². The van der Waals surface area contributed by atoms with Gasteiger partial charge in [-0.3, -0.25) is 4.79 Å². The number of nitrogens with zero attached hydrogens (tertiary/aromatic N) is 3. The molecule has 0 radical (unpaired) electrons. The van der Waals surface area contributed by atoms with Crippen molar-refractivity contribution in [1.29, 1.82) is 5.26 Å². The third-order valence-electron chi connectivity index (χ3n) is 5.05. The highest BCUT2D eigenvalue weighted by molar-refractivity contribution is 5.99. The van der Waals surface area contributed by atoms with Crippen molar-refractivity contribution in [3.8, 4) is 11.8 Å². The summed E-state index contributed by atoms with van der Waals surface area (Å²) in [5.74, 6) is 0.0979. The van der Waals surface area contributed by atoms with E-state index in [0.717, 1.165) is 11.3 Å². The summed E-state index contributed by atoms with van der Waals surface area (Å²) in [6.45, 7) is 5.60. The summed E-state index contributed by atoms with van der Waals surface area (Å²) in [5.41, 5.74) is 2.49. The van der Waals surface area contributed by atoms with Gasteiger partial charge in [0.25, 0.3) is 5.91 Å². The summed E-state index contributed by atoms with van der Waals surface area (Å²) >= 11 is 0. The van der Waals surface area contributed by atoms with Crippen LogP contribution in [0.3, 0.4) is 0 Å². The molecule has 0 aliphatic heterocycles. The van der Waals surface area contributed by atoms with Gasteiger partial charge in [0.2, 0.25) is 0 Å². The van der Waals surface area contributed by atoms with Crippen LogP contribution in [0, 0.1) is 25.2 Å². The lowest BCUT2D eigenvalue weighted by Gasteiger charge is -2.25. The Morgan fingerprint density at radius 1 is 1.15 bits per heavy atom. The predicted octanol–water partition coefficient (Wildman–Crippen LogP) is 4.36. The van der Waals surface area contributed by atoms with Crippen molar-refractivity contribution in [1.82, 2.24) is 5.16 Å². The zero-order chi connectivity index (χ0) is 23.8. The molecule has 3 rings (SSSR count). The Morgan fingerprint density at radius 2 is 1.91 bits per heavy atom. The second kappa shape index (κ2) is 11.0. The van der Waals surface area contributed by atoms with E-state index in [4.69, 9.17) is 19.3 Å². The van der Waals surface area contributed by atoms with E-state index in [-0.39, 0.29) is 25.1 Å². The Morgan fingerprint density at radius 3 is 2.58 bits per heavy atom. The van der Waals surface area contributed by atoms with Crippen LogP contribution < -0.4 is 9.64 Å². The van der Waals surface area contributed by atoms with Crippen molar-refractivity contribution in [2.24, 2.45) is 0 Å². The monoisotopic (exact) mass is 447 g/mol. The van der Waals surface area contributed by atoms with E-state index >= 15 is 0 Å². The summed E-state index contributed by atoms with van der Waals surface area (Å²) in [7, 11) is 0. The number of carbonyl (C=O) groups excluding carboxylic acids is 2. The lowest BCUT2D eigenvalue weighted by Crippen LogP contribution is -2.40. The van der Waals surface area contributed by atoms with Crippen LogP contribution in [0.1, 0.15) is 40.7 Å². The number of nitriles is 1. The number of hydrogen-bond donors (Lipinski definition) is 0. The number of hydrogen-bond acceptors (Lipinski definition) is 7. The van der Waals surface area contributed by atoms with Gasteiger partial charge in [-0.1, -0.05) is 29.4 Å². The molecule has 33 heavy (non-hydrogen) atoms. The van der Waals surface area contributed by atoms with Gasteiger partial charge in [-0.05, 0) is 51.1 Å². The molecule has 1 heterocycles. The average molecular weight is 447 g/mol. The number of benzene rings is 2. The molecule has 0 bridgehead atoms. The number of amides is 1. The van der Waals surface area contributed by atoms with Gasteiger partial charge in [-0.15, -0.1) is 0 Å². The molecule has 3 aromatic rings. The van der Waals surface area contributed by atoms with E-state index < -0.39 is 18.0 Å². The lowest BCUT2D eigenvalue weighted by atomic mass is 10.2. The van der Waals surface area contributed by atoms with E-state index in [9.17, 15) is 9.59 Å². The first kappa shape index (κ1) is 23.5. The fourth-order valence-corrected chi connectivity index (χ4v) is 3.21. The molecule has 8 nitrogen and oxygen atoms in total. The molecule has 0 spiro atoms. The topological polar surface area (TPSA) is 106 Å².